The van der Waals surface area contributed by atoms with E-state index in [1.54, 1.807) is 0 Å². The van der Waals surface area contributed by atoms with Gasteiger partial charge in [0.15, 0.2) is 6.29 Å². The van der Waals surface area contributed by atoms with Gasteiger partial charge in [-0.05, 0) is 24.8 Å². The first-order valence-electron chi connectivity index (χ1n) is 9.49. The highest BCUT2D eigenvalue weighted by Crippen LogP contribution is 2.64. The summed E-state index contributed by atoms with van der Waals surface area (Å²) in [6, 6.07) is 8.78. The molecule has 5 nitrogen and oxygen atoms in total. The van der Waals surface area contributed by atoms with E-state index in [9.17, 15) is 10.2 Å². The maximum Gasteiger partial charge on any atom is 0.160 e. The number of aromatic nitrogens is 1. The molecule has 0 aliphatic carbocycles. The molecular formula is C20H24N2O3. The standard InChI is InChI=1S/C20H24N2O3/c1-3-9-11-8-13-16-14(10-6-4-5-7-12(10)21(16)2)18-17(22(13)19(9)23)15(11)20(24)25-18/h4-7,9,11,13,15,17-20,23-24H,3,8H2,1-2H3. The Bertz CT molecular complexity index is 877. The molecule has 25 heavy (non-hydrogen) atoms. The number of rotatable bonds is 1. The van der Waals surface area contributed by atoms with Crippen LogP contribution < -0.4 is 0 Å². The summed E-state index contributed by atoms with van der Waals surface area (Å²) in [6.45, 7) is 2.15. The predicted molar refractivity (Wildman–Crippen MR) is 92.5 cm³/mol. The second-order valence-corrected chi connectivity index (χ2v) is 8.24. The lowest BCUT2D eigenvalue weighted by molar-refractivity contribution is -0.219. The first kappa shape index (κ1) is 14.7. The highest BCUT2D eigenvalue weighted by molar-refractivity contribution is 5.86. The van der Waals surface area contributed by atoms with Crippen molar-refractivity contribution in [1.82, 2.24) is 9.47 Å². The number of para-hydroxylation sites is 1. The van der Waals surface area contributed by atoms with Gasteiger partial charge in [0.2, 0.25) is 0 Å². The highest BCUT2D eigenvalue weighted by atomic mass is 16.6. The molecule has 4 bridgehead atoms. The van der Waals surface area contributed by atoms with Crippen LogP contribution in [-0.4, -0.2) is 38.2 Å². The van der Waals surface area contributed by atoms with Gasteiger partial charge in [-0.2, -0.15) is 0 Å². The maximum atomic E-state index is 11.1. The minimum atomic E-state index is -0.727. The number of hydrogen-bond acceptors (Lipinski definition) is 4. The SMILES string of the molecule is CCC1C2CC3c4c(c5ccccc5n4C)C4OC(O)C2C4N3C1O. The molecule has 5 heteroatoms. The fourth-order valence-corrected chi connectivity index (χ4v) is 6.67. The average Bonchev–Trinajstić information content (AvgIpc) is 3.12. The maximum absolute atomic E-state index is 11.1. The normalized spacial score (nSPS) is 46.6. The summed E-state index contributed by atoms with van der Waals surface area (Å²) < 4.78 is 8.44. The second kappa shape index (κ2) is 4.65. The van der Waals surface area contributed by atoms with Gasteiger partial charge in [-0.15, -0.1) is 0 Å². The van der Waals surface area contributed by atoms with Crippen LogP contribution in [0, 0.1) is 17.8 Å². The quantitative estimate of drug-likeness (QED) is 0.836. The van der Waals surface area contributed by atoms with Gasteiger partial charge < -0.3 is 19.5 Å². The molecule has 1 aromatic carbocycles. The molecule has 5 aliphatic rings. The molecule has 5 aliphatic heterocycles. The van der Waals surface area contributed by atoms with E-state index in [-0.39, 0.29) is 30.0 Å². The van der Waals surface area contributed by atoms with E-state index in [1.807, 2.05) is 0 Å². The minimum Gasteiger partial charge on any atom is -0.378 e. The van der Waals surface area contributed by atoms with Crippen LogP contribution in [0.4, 0.5) is 0 Å². The van der Waals surface area contributed by atoms with Gasteiger partial charge in [0, 0.05) is 41.0 Å². The van der Waals surface area contributed by atoms with Gasteiger partial charge in [-0.1, -0.05) is 25.1 Å². The number of hydrogen-bond donors (Lipinski definition) is 2. The molecule has 0 spiro atoms. The largest absolute Gasteiger partial charge is 0.378 e. The molecule has 9 atom stereocenters. The Hall–Kier alpha value is -1.40. The summed E-state index contributed by atoms with van der Waals surface area (Å²) in [7, 11) is 2.12. The predicted octanol–water partition coefficient (Wildman–Crippen LogP) is 2.29. The van der Waals surface area contributed by atoms with Crippen LogP contribution >= 0.6 is 0 Å². The van der Waals surface area contributed by atoms with Gasteiger partial charge in [0.05, 0.1) is 12.1 Å². The molecule has 7 rings (SSSR count). The van der Waals surface area contributed by atoms with Crippen LogP contribution in [0.1, 0.15) is 43.2 Å². The van der Waals surface area contributed by atoms with Crippen molar-refractivity contribution in [3.05, 3.63) is 35.5 Å². The fourth-order valence-electron chi connectivity index (χ4n) is 6.67. The van der Waals surface area contributed by atoms with Crippen molar-refractivity contribution in [2.24, 2.45) is 24.8 Å². The van der Waals surface area contributed by atoms with Gasteiger partial charge in [-0.25, -0.2) is 0 Å². The zero-order chi connectivity index (χ0) is 17.0. The van der Waals surface area contributed by atoms with Crippen LogP contribution in [0.5, 0.6) is 0 Å². The summed E-state index contributed by atoms with van der Waals surface area (Å²) in [5.41, 5.74) is 3.72. The Morgan fingerprint density at radius 2 is 2.04 bits per heavy atom. The van der Waals surface area contributed by atoms with E-state index in [2.05, 4.69) is 47.7 Å². The van der Waals surface area contributed by atoms with E-state index in [0.29, 0.717) is 5.92 Å². The van der Waals surface area contributed by atoms with Crippen LogP contribution in [0.25, 0.3) is 10.9 Å². The summed E-state index contributed by atoms with van der Waals surface area (Å²) >= 11 is 0. The van der Waals surface area contributed by atoms with Crippen molar-refractivity contribution in [2.45, 2.75) is 50.5 Å². The average molecular weight is 340 g/mol. The van der Waals surface area contributed by atoms with Crippen molar-refractivity contribution in [2.75, 3.05) is 0 Å². The Balaban J connectivity index is 1.65. The number of aryl methyl sites for hydroxylation is 1. The topological polar surface area (TPSA) is 57.9 Å². The summed E-state index contributed by atoms with van der Waals surface area (Å²) in [6.07, 6.45) is 0.638. The lowest BCUT2D eigenvalue weighted by Crippen LogP contribution is -2.67. The zero-order valence-corrected chi connectivity index (χ0v) is 14.5. The van der Waals surface area contributed by atoms with Crippen molar-refractivity contribution < 1.29 is 14.9 Å². The lowest BCUT2D eigenvalue weighted by atomic mass is 9.60. The zero-order valence-electron chi connectivity index (χ0n) is 14.5. The van der Waals surface area contributed by atoms with E-state index >= 15 is 0 Å². The first-order valence-corrected chi connectivity index (χ1v) is 9.49. The van der Waals surface area contributed by atoms with Crippen LogP contribution in [0.2, 0.25) is 0 Å². The first-order chi connectivity index (χ1) is 12.1. The molecule has 4 saturated heterocycles. The number of fused-ring (bicyclic) bond motifs is 5. The summed E-state index contributed by atoms with van der Waals surface area (Å²) in [5, 5.41) is 23.0. The van der Waals surface area contributed by atoms with Crippen molar-refractivity contribution >= 4 is 10.9 Å². The van der Waals surface area contributed by atoms with Gasteiger partial charge in [-0.3, -0.25) is 4.90 Å². The highest BCUT2D eigenvalue weighted by Gasteiger charge is 2.66. The van der Waals surface area contributed by atoms with Gasteiger partial charge in [0.1, 0.15) is 12.3 Å². The number of nitrogens with zero attached hydrogens (tertiary/aromatic N) is 2. The fraction of sp³-hybridized carbons (Fsp3) is 0.600. The Morgan fingerprint density at radius 1 is 1.24 bits per heavy atom. The van der Waals surface area contributed by atoms with E-state index in [1.165, 1.54) is 22.2 Å². The molecule has 2 N–H and O–H groups in total. The van der Waals surface area contributed by atoms with Crippen molar-refractivity contribution in [3.8, 4) is 0 Å². The second-order valence-electron chi connectivity index (χ2n) is 8.24. The molecule has 0 radical (unpaired) electrons. The number of benzene rings is 1. The lowest BCUT2D eigenvalue weighted by Gasteiger charge is -2.61. The molecule has 1 aromatic heterocycles. The molecule has 132 valence electrons. The number of aliphatic hydroxyl groups excluding tert-OH is 2. The molecule has 4 fully saturated rings. The van der Waals surface area contributed by atoms with Gasteiger partial charge >= 0.3 is 0 Å². The summed E-state index contributed by atoms with van der Waals surface area (Å²) in [4.78, 5) is 2.28. The molecule has 6 heterocycles. The molecule has 9 unspecified atom stereocenters. The molecular weight excluding hydrogens is 316 g/mol. The third kappa shape index (κ3) is 1.51. The smallest absolute Gasteiger partial charge is 0.160 e. The van der Waals surface area contributed by atoms with E-state index < -0.39 is 12.5 Å². The third-order valence-electron chi connectivity index (χ3n) is 7.52. The minimum absolute atomic E-state index is 0.0925. The van der Waals surface area contributed by atoms with Crippen LogP contribution in [-0.2, 0) is 11.8 Å². The van der Waals surface area contributed by atoms with Gasteiger partial charge in [0.25, 0.3) is 0 Å². The van der Waals surface area contributed by atoms with Crippen molar-refractivity contribution in [3.63, 3.8) is 0 Å². The molecule has 0 saturated carbocycles. The molecule has 2 aromatic rings. The van der Waals surface area contributed by atoms with Crippen LogP contribution in [0.3, 0.4) is 0 Å². The molecule has 0 amide bonds. The number of piperidine rings is 3. The van der Waals surface area contributed by atoms with E-state index in [0.717, 1.165) is 12.8 Å². The Labute approximate surface area is 146 Å². The Kier molecular flexibility index (Phi) is 2.74. The van der Waals surface area contributed by atoms with E-state index in [4.69, 9.17) is 4.74 Å². The monoisotopic (exact) mass is 340 g/mol. The third-order valence-corrected chi connectivity index (χ3v) is 7.52. The van der Waals surface area contributed by atoms with Crippen LogP contribution in [0.15, 0.2) is 24.3 Å². The van der Waals surface area contributed by atoms with Crippen molar-refractivity contribution in [1.29, 1.82) is 0 Å². The summed E-state index contributed by atoms with van der Waals surface area (Å²) in [5.74, 6) is 0.665. The number of aliphatic hydroxyl groups is 2. The number of ether oxygens (including phenoxy) is 1. The Morgan fingerprint density at radius 3 is 2.84 bits per heavy atom.